The average Bonchev–Trinajstić information content (AvgIpc) is 3.28. The van der Waals surface area contributed by atoms with Crippen LogP contribution < -0.4 is 0 Å². The Labute approximate surface area is 171 Å². The fraction of sp³-hybridized carbons (Fsp3) is 0.381. The van der Waals surface area contributed by atoms with Crippen molar-refractivity contribution in [1.82, 2.24) is 9.97 Å². The van der Waals surface area contributed by atoms with Crippen molar-refractivity contribution in [2.45, 2.75) is 42.9 Å². The zero-order chi connectivity index (χ0) is 19.0. The predicted molar refractivity (Wildman–Crippen MR) is 113 cm³/mol. The van der Waals surface area contributed by atoms with Crippen LogP contribution in [0.5, 0.6) is 0 Å². The largest absolute Gasteiger partial charge is 0.341 e. The Morgan fingerprint density at radius 2 is 2.04 bits per heavy atom. The van der Waals surface area contributed by atoms with Crippen LogP contribution in [0.3, 0.4) is 0 Å². The molecule has 1 aliphatic rings. The topological polar surface area (TPSA) is 45.8 Å². The Hall–Kier alpha value is -1.36. The van der Waals surface area contributed by atoms with Gasteiger partial charge in [-0.15, -0.1) is 0 Å². The Balaban J connectivity index is 1.80. The van der Waals surface area contributed by atoms with Crippen LogP contribution in [0, 0.1) is 5.92 Å². The molecule has 0 radical (unpaired) electrons. The molecular formula is C21H22Cl2N2OS. The molecule has 2 heterocycles. The third kappa shape index (κ3) is 3.80. The number of rotatable bonds is 5. The third-order valence-corrected chi connectivity index (χ3v) is 7.40. The SMILES string of the molecule is CS(=O)c1ccc(C(CC2CCCC2)c2[nH]c3ncccc3c2Cl)cc1Cl. The summed E-state index contributed by atoms with van der Waals surface area (Å²) in [4.78, 5) is 8.54. The second-order valence-corrected chi connectivity index (χ2v) is 9.47. The van der Waals surface area contributed by atoms with Gasteiger partial charge in [-0.2, -0.15) is 0 Å². The van der Waals surface area contributed by atoms with E-state index >= 15 is 0 Å². The highest BCUT2D eigenvalue weighted by Crippen LogP contribution is 2.42. The van der Waals surface area contributed by atoms with Gasteiger partial charge in [-0.3, -0.25) is 4.21 Å². The Morgan fingerprint density at radius 3 is 2.70 bits per heavy atom. The molecule has 2 aromatic heterocycles. The van der Waals surface area contributed by atoms with Crippen LogP contribution in [0.4, 0.5) is 0 Å². The van der Waals surface area contributed by atoms with Crippen molar-refractivity contribution < 1.29 is 4.21 Å². The molecule has 3 aromatic rings. The number of halogens is 2. The first-order valence-electron chi connectivity index (χ1n) is 9.29. The molecule has 1 saturated carbocycles. The van der Waals surface area contributed by atoms with E-state index in [-0.39, 0.29) is 5.92 Å². The third-order valence-electron chi connectivity index (χ3n) is 5.59. The van der Waals surface area contributed by atoms with Crippen molar-refractivity contribution in [3.8, 4) is 0 Å². The van der Waals surface area contributed by atoms with E-state index in [1.165, 1.54) is 25.7 Å². The number of hydrogen-bond donors (Lipinski definition) is 1. The van der Waals surface area contributed by atoms with Crippen LogP contribution in [-0.2, 0) is 10.8 Å². The molecule has 2 atom stereocenters. The molecule has 1 aliphatic carbocycles. The van der Waals surface area contributed by atoms with Gasteiger partial charge in [-0.05, 0) is 42.2 Å². The van der Waals surface area contributed by atoms with Gasteiger partial charge in [0, 0.05) is 29.5 Å². The standard InChI is InChI=1S/C21H22Cl2N2OS/c1-27(26)18-9-8-14(12-17(18)22)16(11-13-5-2-3-6-13)20-19(23)15-7-4-10-24-21(15)25-20/h4,7-10,12-13,16H,2-3,5-6,11H2,1H3,(H,24,25). The van der Waals surface area contributed by atoms with Gasteiger partial charge in [-0.1, -0.05) is 55.0 Å². The summed E-state index contributed by atoms with van der Waals surface area (Å²) >= 11 is 13.2. The lowest BCUT2D eigenvalue weighted by molar-refractivity contribution is 0.469. The molecule has 142 valence electrons. The summed E-state index contributed by atoms with van der Waals surface area (Å²) in [6.45, 7) is 0. The van der Waals surface area contributed by atoms with Gasteiger partial charge in [0.1, 0.15) is 5.65 Å². The molecule has 0 spiro atoms. The minimum Gasteiger partial charge on any atom is -0.341 e. The number of benzene rings is 1. The molecule has 1 N–H and O–H groups in total. The monoisotopic (exact) mass is 420 g/mol. The van der Waals surface area contributed by atoms with Gasteiger partial charge in [0.05, 0.1) is 25.7 Å². The highest BCUT2D eigenvalue weighted by atomic mass is 35.5. The molecule has 0 bridgehead atoms. The lowest BCUT2D eigenvalue weighted by atomic mass is 9.85. The number of pyridine rings is 1. The number of fused-ring (bicyclic) bond motifs is 1. The summed E-state index contributed by atoms with van der Waals surface area (Å²) in [5, 5.41) is 2.23. The maximum atomic E-state index is 11.9. The Morgan fingerprint density at radius 1 is 1.26 bits per heavy atom. The number of hydrogen-bond acceptors (Lipinski definition) is 2. The molecule has 2 unspecified atom stereocenters. The second-order valence-electron chi connectivity index (χ2n) is 7.33. The van der Waals surface area contributed by atoms with E-state index in [0.29, 0.717) is 15.8 Å². The van der Waals surface area contributed by atoms with Crippen LogP contribution >= 0.6 is 23.2 Å². The van der Waals surface area contributed by atoms with Gasteiger partial charge >= 0.3 is 0 Å². The van der Waals surface area contributed by atoms with E-state index in [2.05, 4.69) is 9.97 Å². The van der Waals surface area contributed by atoms with E-state index < -0.39 is 10.8 Å². The van der Waals surface area contributed by atoms with Crippen molar-refractivity contribution in [2.75, 3.05) is 6.26 Å². The molecular weight excluding hydrogens is 399 g/mol. The van der Waals surface area contributed by atoms with Crippen molar-refractivity contribution in [2.24, 2.45) is 5.92 Å². The first-order chi connectivity index (χ1) is 13.0. The molecule has 3 nitrogen and oxygen atoms in total. The van der Waals surface area contributed by atoms with Gasteiger partial charge in [-0.25, -0.2) is 4.98 Å². The molecule has 1 fully saturated rings. The van der Waals surface area contributed by atoms with E-state index in [4.69, 9.17) is 23.2 Å². The van der Waals surface area contributed by atoms with E-state index in [1.54, 1.807) is 12.5 Å². The normalized spacial score (nSPS) is 17.4. The fourth-order valence-corrected chi connectivity index (χ4v) is 5.66. The zero-order valence-corrected chi connectivity index (χ0v) is 17.5. The van der Waals surface area contributed by atoms with Crippen molar-refractivity contribution in [1.29, 1.82) is 0 Å². The van der Waals surface area contributed by atoms with E-state index in [9.17, 15) is 4.21 Å². The summed E-state index contributed by atoms with van der Waals surface area (Å²) in [5.41, 5.74) is 2.92. The second kappa shape index (κ2) is 7.94. The Bertz CT molecular complexity index is 995. The number of H-pyrrole nitrogens is 1. The average molecular weight is 421 g/mol. The zero-order valence-electron chi connectivity index (χ0n) is 15.2. The molecule has 27 heavy (non-hydrogen) atoms. The van der Waals surface area contributed by atoms with Crippen LogP contribution in [-0.4, -0.2) is 20.4 Å². The molecule has 6 heteroatoms. The molecule has 0 aliphatic heterocycles. The number of aromatic amines is 1. The lowest BCUT2D eigenvalue weighted by Gasteiger charge is -2.21. The van der Waals surface area contributed by atoms with Crippen LogP contribution in [0.2, 0.25) is 10.0 Å². The highest BCUT2D eigenvalue weighted by molar-refractivity contribution is 7.84. The quantitative estimate of drug-likeness (QED) is 0.524. The fourth-order valence-electron chi connectivity index (χ4n) is 4.22. The maximum Gasteiger partial charge on any atom is 0.138 e. The van der Waals surface area contributed by atoms with Gasteiger partial charge < -0.3 is 4.98 Å². The van der Waals surface area contributed by atoms with Crippen molar-refractivity contribution >= 4 is 45.0 Å². The van der Waals surface area contributed by atoms with Crippen molar-refractivity contribution in [3.63, 3.8) is 0 Å². The number of aromatic nitrogens is 2. The summed E-state index contributed by atoms with van der Waals surface area (Å²) in [6.07, 6.45) is 9.57. The summed E-state index contributed by atoms with van der Waals surface area (Å²) < 4.78 is 11.9. The van der Waals surface area contributed by atoms with Crippen LogP contribution in [0.15, 0.2) is 41.4 Å². The maximum absolute atomic E-state index is 11.9. The smallest absolute Gasteiger partial charge is 0.138 e. The summed E-state index contributed by atoms with van der Waals surface area (Å²) in [7, 11) is -1.10. The first-order valence-corrected chi connectivity index (χ1v) is 11.6. The van der Waals surface area contributed by atoms with Crippen LogP contribution in [0.25, 0.3) is 11.0 Å². The van der Waals surface area contributed by atoms with E-state index in [0.717, 1.165) is 33.7 Å². The Kier molecular flexibility index (Phi) is 5.58. The highest BCUT2D eigenvalue weighted by Gasteiger charge is 2.27. The summed E-state index contributed by atoms with van der Waals surface area (Å²) in [5.74, 6) is 0.802. The number of nitrogens with one attached hydrogen (secondary N) is 1. The predicted octanol–water partition coefficient (Wildman–Crippen LogP) is 6.32. The minimum absolute atomic E-state index is 0.117. The van der Waals surface area contributed by atoms with Gasteiger partial charge in [0.2, 0.25) is 0 Å². The summed E-state index contributed by atoms with van der Waals surface area (Å²) in [6, 6.07) is 9.77. The minimum atomic E-state index is -1.10. The van der Waals surface area contributed by atoms with Gasteiger partial charge in [0.25, 0.3) is 0 Å². The van der Waals surface area contributed by atoms with Gasteiger partial charge in [0.15, 0.2) is 0 Å². The number of nitrogens with zero attached hydrogens (tertiary/aromatic N) is 1. The van der Waals surface area contributed by atoms with Crippen molar-refractivity contribution in [3.05, 3.63) is 57.8 Å². The molecule has 1 aromatic carbocycles. The molecule has 0 amide bonds. The molecule has 4 rings (SSSR count). The first kappa shape index (κ1) is 19.0. The van der Waals surface area contributed by atoms with E-state index in [1.807, 2.05) is 30.3 Å². The lowest BCUT2D eigenvalue weighted by Crippen LogP contribution is -2.08. The molecule has 0 saturated heterocycles. The van der Waals surface area contributed by atoms with Crippen LogP contribution in [0.1, 0.15) is 49.3 Å².